The van der Waals surface area contributed by atoms with Gasteiger partial charge in [0, 0.05) is 56.2 Å². The number of anilines is 1. The van der Waals surface area contributed by atoms with Gasteiger partial charge < -0.3 is 24.0 Å². The Hall–Kier alpha value is -3.52. The molecule has 34 heavy (non-hydrogen) atoms. The van der Waals surface area contributed by atoms with E-state index in [1.54, 1.807) is 31.0 Å². The Balaban J connectivity index is 1.79. The molecule has 0 unspecified atom stereocenters. The number of aromatic hydroxyl groups is 1. The van der Waals surface area contributed by atoms with E-state index in [0.717, 1.165) is 30.2 Å². The molecule has 3 aromatic rings. The third kappa shape index (κ3) is 4.46. The van der Waals surface area contributed by atoms with Crippen molar-refractivity contribution in [3.05, 3.63) is 75.8 Å². The molecule has 0 aliphatic carbocycles. The molecule has 1 N–H and O–H groups in total. The Kier molecular flexibility index (Phi) is 7.07. The first kappa shape index (κ1) is 23.6. The van der Waals surface area contributed by atoms with Crippen LogP contribution in [-0.2, 0) is 6.54 Å². The largest absolute Gasteiger partial charge is 0.507 e. The van der Waals surface area contributed by atoms with Gasteiger partial charge in [-0.1, -0.05) is 6.07 Å². The summed E-state index contributed by atoms with van der Waals surface area (Å²) in [4.78, 5) is 22.5. The Morgan fingerprint density at radius 1 is 1.06 bits per heavy atom. The molecule has 0 spiro atoms. The Morgan fingerprint density at radius 3 is 2.44 bits per heavy atom. The zero-order valence-electron chi connectivity index (χ0n) is 20.2. The molecule has 4 rings (SSSR count). The summed E-state index contributed by atoms with van der Waals surface area (Å²) < 4.78 is 12.8. The summed E-state index contributed by atoms with van der Waals surface area (Å²) in [7, 11) is 3.21. The number of hydrogen-bond donors (Lipinski definition) is 1. The molecule has 8 heteroatoms. The third-order valence-electron chi connectivity index (χ3n) is 6.50. The highest BCUT2D eigenvalue weighted by atomic mass is 16.5. The van der Waals surface area contributed by atoms with Gasteiger partial charge in [0.15, 0.2) is 0 Å². The third-order valence-corrected chi connectivity index (χ3v) is 6.50. The number of rotatable bonds is 7. The number of pyridine rings is 2. The van der Waals surface area contributed by atoms with E-state index in [2.05, 4.69) is 14.8 Å². The van der Waals surface area contributed by atoms with E-state index in [1.807, 2.05) is 50.2 Å². The van der Waals surface area contributed by atoms with Gasteiger partial charge in [0.1, 0.15) is 23.1 Å². The Labute approximate surface area is 200 Å². The smallest absolute Gasteiger partial charge is 0.259 e. The van der Waals surface area contributed by atoms with Crippen LogP contribution in [0.15, 0.2) is 53.5 Å². The molecule has 180 valence electrons. The Morgan fingerprint density at radius 2 is 1.82 bits per heavy atom. The quantitative estimate of drug-likeness (QED) is 0.575. The molecule has 2 aromatic heterocycles. The molecule has 0 bridgehead atoms. The zero-order chi connectivity index (χ0) is 24.2. The summed E-state index contributed by atoms with van der Waals surface area (Å²) in [5.41, 5.74) is 1.72. The van der Waals surface area contributed by atoms with E-state index in [-0.39, 0.29) is 11.3 Å². The molecule has 8 nitrogen and oxygen atoms in total. The minimum Gasteiger partial charge on any atom is -0.507 e. The summed E-state index contributed by atoms with van der Waals surface area (Å²) in [5.74, 6) is 2.21. The van der Waals surface area contributed by atoms with Gasteiger partial charge in [-0.2, -0.15) is 0 Å². The van der Waals surface area contributed by atoms with Crippen LogP contribution in [0, 0.1) is 6.92 Å². The second-order valence-electron chi connectivity index (χ2n) is 8.36. The summed E-state index contributed by atoms with van der Waals surface area (Å²) in [6.45, 7) is 7.18. The minimum atomic E-state index is -0.474. The fraction of sp³-hybridized carbons (Fsp3) is 0.385. The summed E-state index contributed by atoms with van der Waals surface area (Å²) in [5, 5.41) is 11.0. The monoisotopic (exact) mass is 464 g/mol. The molecule has 1 fully saturated rings. The van der Waals surface area contributed by atoms with Gasteiger partial charge in [-0.25, -0.2) is 4.98 Å². The maximum Gasteiger partial charge on any atom is 0.259 e. The maximum absolute atomic E-state index is 13.6. The molecule has 1 atom stereocenters. The van der Waals surface area contributed by atoms with E-state index in [4.69, 9.17) is 9.47 Å². The van der Waals surface area contributed by atoms with Gasteiger partial charge in [0.25, 0.3) is 5.56 Å². The highest BCUT2D eigenvalue weighted by molar-refractivity contribution is 5.49. The van der Waals surface area contributed by atoms with Crippen molar-refractivity contribution in [2.45, 2.75) is 26.4 Å². The van der Waals surface area contributed by atoms with Crippen LogP contribution in [-0.4, -0.2) is 60.0 Å². The normalized spacial score (nSPS) is 15.2. The summed E-state index contributed by atoms with van der Waals surface area (Å²) in [6, 6.07) is 12.7. The lowest BCUT2D eigenvalue weighted by atomic mass is 9.95. The van der Waals surface area contributed by atoms with Crippen LogP contribution >= 0.6 is 0 Å². The van der Waals surface area contributed by atoms with E-state index in [0.29, 0.717) is 36.7 Å². The summed E-state index contributed by atoms with van der Waals surface area (Å²) >= 11 is 0. The first-order chi connectivity index (χ1) is 16.5. The Bertz CT molecular complexity index is 1190. The molecule has 1 aliphatic heterocycles. The van der Waals surface area contributed by atoms with Crippen molar-refractivity contribution in [3.8, 4) is 17.2 Å². The van der Waals surface area contributed by atoms with Crippen molar-refractivity contribution in [1.82, 2.24) is 14.5 Å². The number of hydrogen-bond acceptors (Lipinski definition) is 7. The first-order valence-electron chi connectivity index (χ1n) is 11.5. The molecular weight excluding hydrogens is 432 g/mol. The van der Waals surface area contributed by atoms with Crippen LogP contribution in [0.2, 0.25) is 0 Å². The first-order valence-corrected chi connectivity index (χ1v) is 11.5. The van der Waals surface area contributed by atoms with Crippen molar-refractivity contribution in [3.63, 3.8) is 0 Å². The molecule has 1 aromatic carbocycles. The predicted molar refractivity (Wildman–Crippen MR) is 132 cm³/mol. The predicted octanol–water partition coefficient (Wildman–Crippen LogP) is 3.21. The fourth-order valence-corrected chi connectivity index (χ4v) is 4.75. The number of aryl methyl sites for hydroxylation is 1. The number of aromatic nitrogens is 2. The van der Waals surface area contributed by atoms with E-state index in [9.17, 15) is 9.90 Å². The van der Waals surface area contributed by atoms with Crippen molar-refractivity contribution in [2.24, 2.45) is 0 Å². The molecule has 0 radical (unpaired) electrons. The van der Waals surface area contributed by atoms with Crippen molar-refractivity contribution < 1.29 is 14.6 Å². The maximum atomic E-state index is 13.6. The zero-order valence-corrected chi connectivity index (χ0v) is 20.2. The lowest BCUT2D eigenvalue weighted by Gasteiger charge is -2.40. The molecule has 1 saturated heterocycles. The van der Waals surface area contributed by atoms with E-state index < -0.39 is 6.04 Å². The molecule has 3 heterocycles. The number of ether oxygens (including phenoxy) is 2. The highest BCUT2D eigenvalue weighted by Gasteiger charge is 2.33. The van der Waals surface area contributed by atoms with Crippen molar-refractivity contribution in [2.75, 3.05) is 45.3 Å². The van der Waals surface area contributed by atoms with Gasteiger partial charge in [0.2, 0.25) is 0 Å². The van der Waals surface area contributed by atoms with Gasteiger partial charge in [-0.05, 0) is 44.2 Å². The van der Waals surface area contributed by atoms with Crippen LogP contribution in [0.5, 0.6) is 17.2 Å². The van der Waals surface area contributed by atoms with Crippen molar-refractivity contribution in [1.29, 1.82) is 0 Å². The number of nitrogens with zero attached hydrogens (tertiary/aromatic N) is 4. The average molecular weight is 465 g/mol. The molecular formula is C26H32N4O4. The number of piperazine rings is 1. The number of benzene rings is 1. The van der Waals surface area contributed by atoms with E-state index in [1.165, 1.54) is 0 Å². The van der Waals surface area contributed by atoms with Crippen LogP contribution < -0.4 is 19.9 Å². The molecule has 1 aliphatic rings. The fourth-order valence-electron chi connectivity index (χ4n) is 4.75. The van der Waals surface area contributed by atoms with Gasteiger partial charge in [0.05, 0.1) is 25.8 Å². The van der Waals surface area contributed by atoms with Crippen LogP contribution in [0.4, 0.5) is 5.82 Å². The second-order valence-corrected chi connectivity index (χ2v) is 8.36. The SMILES string of the molecule is CCn1c(C)cc(O)c([C@H](c2ccc(OC)cc2OC)N2CCN(c3ccccn3)CC2)c1=O. The van der Waals surface area contributed by atoms with Gasteiger partial charge >= 0.3 is 0 Å². The number of methoxy groups -OCH3 is 2. The van der Waals surface area contributed by atoms with Crippen molar-refractivity contribution >= 4 is 5.82 Å². The molecule has 0 amide bonds. The van der Waals surface area contributed by atoms with E-state index >= 15 is 0 Å². The second kappa shape index (κ2) is 10.2. The lowest BCUT2D eigenvalue weighted by molar-refractivity contribution is 0.203. The summed E-state index contributed by atoms with van der Waals surface area (Å²) in [6.07, 6.45) is 1.80. The molecule has 0 saturated carbocycles. The minimum absolute atomic E-state index is 0.00206. The lowest BCUT2D eigenvalue weighted by Crippen LogP contribution is -2.49. The average Bonchev–Trinajstić information content (AvgIpc) is 2.87. The van der Waals surface area contributed by atoms with Crippen LogP contribution in [0.25, 0.3) is 0 Å². The van der Waals surface area contributed by atoms with Gasteiger partial charge in [-0.3, -0.25) is 9.69 Å². The van der Waals surface area contributed by atoms with Gasteiger partial charge in [-0.15, -0.1) is 0 Å². The van der Waals surface area contributed by atoms with Crippen LogP contribution in [0.1, 0.15) is 29.8 Å². The van der Waals surface area contributed by atoms with Crippen LogP contribution in [0.3, 0.4) is 0 Å². The topological polar surface area (TPSA) is 80.1 Å². The standard InChI is InChI=1S/C26H32N4O4/c1-5-30-18(2)16-21(31)24(26(30)32)25(20-10-9-19(33-3)17-22(20)34-4)29-14-12-28(13-15-29)23-8-6-7-11-27-23/h6-11,16-17,25,31H,5,12-15H2,1-4H3/t25-/m0/s1. The highest BCUT2D eigenvalue weighted by Crippen LogP contribution is 2.39.